The summed E-state index contributed by atoms with van der Waals surface area (Å²) in [5, 5.41) is 0.694. The van der Waals surface area contributed by atoms with E-state index in [2.05, 4.69) is 0 Å². The molecular formula is C4H4Cl2O. The van der Waals surface area contributed by atoms with E-state index in [9.17, 15) is 0 Å². The minimum Gasteiger partial charge on any atom is -0.481 e. The molecule has 1 atom stereocenters. The molecule has 40 valence electrons. The van der Waals surface area contributed by atoms with Gasteiger partial charge in [0.1, 0.15) is 0 Å². The fraction of sp³-hybridized carbons (Fsp3) is 0.500. The molecule has 0 N–H and O–H groups in total. The van der Waals surface area contributed by atoms with Crippen LogP contribution in [-0.2, 0) is 4.74 Å². The molecule has 0 amide bonds. The third-order valence-electron chi connectivity index (χ3n) is 0.699. The van der Waals surface area contributed by atoms with E-state index < -0.39 is 0 Å². The highest BCUT2D eigenvalue weighted by Gasteiger charge is 2.12. The molecule has 0 aromatic rings. The van der Waals surface area contributed by atoms with E-state index in [4.69, 9.17) is 27.9 Å². The third kappa shape index (κ3) is 1.25. The van der Waals surface area contributed by atoms with E-state index in [-0.39, 0.29) is 5.56 Å². The lowest BCUT2D eigenvalue weighted by atomic mass is 10.5. The molecule has 0 spiro atoms. The van der Waals surface area contributed by atoms with Crippen molar-refractivity contribution in [1.82, 2.24) is 0 Å². The van der Waals surface area contributed by atoms with E-state index in [0.29, 0.717) is 11.5 Å². The number of halogens is 2. The van der Waals surface area contributed by atoms with Crippen molar-refractivity contribution >= 4 is 23.2 Å². The summed E-state index contributed by atoms with van der Waals surface area (Å²) in [5.41, 5.74) is -0.229. The van der Waals surface area contributed by atoms with Gasteiger partial charge in [0.2, 0.25) is 0 Å². The Bertz CT molecular complexity index is 99.9. The van der Waals surface area contributed by atoms with E-state index in [1.54, 1.807) is 0 Å². The maximum absolute atomic E-state index is 5.46. The highest BCUT2D eigenvalue weighted by Crippen LogP contribution is 2.22. The van der Waals surface area contributed by atoms with Gasteiger partial charge in [0.05, 0.1) is 11.3 Å². The lowest BCUT2D eigenvalue weighted by Gasteiger charge is -1.94. The molecule has 0 fully saturated rings. The highest BCUT2D eigenvalue weighted by atomic mass is 35.5. The van der Waals surface area contributed by atoms with Crippen LogP contribution in [0.4, 0.5) is 0 Å². The summed E-state index contributed by atoms with van der Waals surface area (Å²) in [6.07, 6.45) is 2.11. The fourth-order valence-corrected chi connectivity index (χ4v) is 0.885. The van der Waals surface area contributed by atoms with Crippen molar-refractivity contribution in [1.29, 1.82) is 0 Å². The number of alkyl halides is 1. The van der Waals surface area contributed by atoms with Crippen LogP contribution in [0, 0.1) is 0 Å². The van der Waals surface area contributed by atoms with Crippen LogP contribution >= 0.6 is 23.2 Å². The fourth-order valence-electron chi connectivity index (χ4n) is 0.397. The Morgan fingerprint density at radius 2 is 2.57 bits per heavy atom. The molecule has 1 heterocycles. The third-order valence-corrected chi connectivity index (χ3v) is 1.20. The minimum absolute atomic E-state index is 0.229. The van der Waals surface area contributed by atoms with Gasteiger partial charge in [-0.05, 0) is 0 Å². The zero-order valence-corrected chi connectivity index (χ0v) is 5.04. The molecule has 0 aromatic heterocycles. The van der Waals surface area contributed by atoms with Gasteiger partial charge in [0, 0.05) is 6.42 Å². The first-order valence-electron chi connectivity index (χ1n) is 1.93. The Morgan fingerprint density at radius 1 is 1.86 bits per heavy atom. The van der Waals surface area contributed by atoms with E-state index in [1.807, 2.05) is 0 Å². The van der Waals surface area contributed by atoms with Gasteiger partial charge in [-0.3, -0.25) is 0 Å². The molecule has 0 saturated carbocycles. The van der Waals surface area contributed by atoms with Crippen LogP contribution in [0.15, 0.2) is 11.3 Å². The molecule has 0 bridgehead atoms. The van der Waals surface area contributed by atoms with Crippen molar-refractivity contribution in [2.24, 2.45) is 0 Å². The average Bonchev–Trinajstić information content (AvgIpc) is 1.87. The minimum atomic E-state index is -0.229. The van der Waals surface area contributed by atoms with Crippen molar-refractivity contribution in [3.8, 4) is 0 Å². The van der Waals surface area contributed by atoms with Crippen molar-refractivity contribution in [3.05, 3.63) is 11.3 Å². The van der Waals surface area contributed by atoms with Crippen molar-refractivity contribution < 1.29 is 4.74 Å². The Morgan fingerprint density at radius 3 is 2.71 bits per heavy atom. The maximum atomic E-state index is 5.46. The van der Waals surface area contributed by atoms with Gasteiger partial charge in [0.25, 0.3) is 0 Å². The zero-order chi connectivity index (χ0) is 5.28. The van der Waals surface area contributed by atoms with Crippen LogP contribution < -0.4 is 0 Å². The molecule has 1 nitrogen and oxygen atoms in total. The zero-order valence-electron chi connectivity index (χ0n) is 3.53. The van der Waals surface area contributed by atoms with Crippen molar-refractivity contribution in [2.45, 2.75) is 12.0 Å². The van der Waals surface area contributed by atoms with E-state index in [0.717, 1.165) is 0 Å². The molecule has 1 rings (SSSR count). The molecule has 1 aliphatic rings. The summed E-state index contributed by atoms with van der Waals surface area (Å²) < 4.78 is 4.74. The van der Waals surface area contributed by atoms with Crippen LogP contribution in [0.25, 0.3) is 0 Å². The first kappa shape index (κ1) is 5.26. The number of hydrogen-bond acceptors (Lipinski definition) is 1. The molecule has 1 unspecified atom stereocenters. The Kier molecular flexibility index (Phi) is 1.45. The molecule has 0 saturated heterocycles. The molecule has 1 aliphatic heterocycles. The van der Waals surface area contributed by atoms with Gasteiger partial charge in [-0.2, -0.15) is 0 Å². The van der Waals surface area contributed by atoms with Crippen LogP contribution in [0.3, 0.4) is 0 Å². The Hall–Kier alpha value is 0.120. The molecule has 0 aromatic carbocycles. The molecular weight excluding hydrogens is 135 g/mol. The van der Waals surface area contributed by atoms with Crippen molar-refractivity contribution in [2.75, 3.05) is 0 Å². The maximum Gasteiger partial charge on any atom is 0.176 e. The largest absolute Gasteiger partial charge is 0.481 e. The summed E-state index contributed by atoms with van der Waals surface area (Å²) >= 11 is 10.9. The lowest BCUT2D eigenvalue weighted by molar-refractivity contribution is 0.244. The molecule has 0 aliphatic carbocycles. The van der Waals surface area contributed by atoms with Gasteiger partial charge in [-0.1, -0.05) is 23.2 Å². The van der Waals surface area contributed by atoms with E-state index >= 15 is 0 Å². The second-order valence-corrected chi connectivity index (χ2v) is 2.29. The second-order valence-electron chi connectivity index (χ2n) is 1.31. The summed E-state index contributed by atoms with van der Waals surface area (Å²) in [6.45, 7) is 0. The summed E-state index contributed by atoms with van der Waals surface area (Å²) in [7, 11) is 0. The van der Waals surface area contributed by atoms with Crippen molar-refractivity contribution in [3.63, 3.8) is 0 Å². The van der Waals surface area contributed by atoms with Gasteiger partial charge in [-0.15, -0.1) is 0 Å². The Labute approximate surface area is 51.9 Å². The van der Waals surface area contributed by atoms with Gasteiger partial charge < -0.3 is 4.74 Å². The predicted octanol–water partition coefficient (Wildman–Crippen LogP) is 2.05. The normalized spacial score (nSPS) is 29.4. The van der Waals surface area contributed by atoms with Gasteiger partial charge >= 0.3 is 0 Å². The molecule has 3 heteroatoms. The van der Waals surface area contributed by atoms with Crippen LogP contribution in [-0.4, -0.2) is 5.56 Å². The second kappa shape index (κ2) is 1.93. The standard InChI is InChI=1S/C4H4Cl2O/c5-3-1-4(6)7-2-3/h2,4H,1H2. The molecule has 7 heavy (non-hydrogen) atoms. The van der Waals surface area contributed by atoms with Crippen LogP contribution in [0.1, 0.15) is 6.42 Å². The molecule has 0 radical (unpaired) electrons. The number of ether oxygens (including phenoxy) is 1. The summed E-state index contributed by atoms with van der Waals surface area (Å²) in [5.74, 6) is 0. The highest BCUT2D eigenvalue weighted by molar-refractivity contribution is 6.30. The van der Waals surface area contributed by atoms with E-state index in [1.165, 1.54) is 6.26 Å². The quantitative estimate of drug-likeness (QED) is 0.466. The summed E-state index contributed by atoms with van der Waals surface area (Å²) in [6, 6.07) is 0. The monoisotopic (exact) mass is 138 g/mol. The first-order chi connectivity index (χ1) is 3.29. The smallest absolute Gasteiger partial charge is 0.176 e. The van der Waals surface area contributed by atoms with Gasteiger partial charge in [0.15, 0.2) is 5.56 Å². The van der Waals surface area contributed by atoms with Crippen LogP contribution in [0.2, 0.25) is 0 Å². The topological polar surface area (TPSA) is 9.23 Å². The first-order valence-corrected chi connectivity index (χ1v) is 2.74. The lowest BCUT2D eigenvalue weighted by Crippen LogP contribution is -1.89. The summed E-state index contributed by atoms with van der Waals surface area (Å²) in [4.78, 5) is 0. The predicted molar refractivity (Wildman–Crippen MR) is 29.3 cm³/mol. The SMILES string of the molecule is ClC1=COC(Cl)C1. The average molecular weight is 139 g/mol. The van der Waals surface area contributed by atoms with Crippen LogP contribution in [0.5, 0.6) is 0 Å². The number of rotatable bonds is 0. The van der Waals surface area contributed by atoms with Gasteiger partial charge in [-0.25, -0.2) is 0 Å². The number of hydrogen-bond donors (Lipinski definition) is 0. The Balaban J connectivity index is 2.42.